The number of hydrogen-bond donors (Lipinski definition) is 1. The molecule has 0 saturated carbocycles. The van der Waals surface area contributed by atoms with Crippen LogP contribution in [0.25, 0.3) is 0 Å². The quantitative estimate of drug-likeness (QED) is 0.683. The number of carbonyl (C=O) groups excluding carboxylic acids is 1. The van der Waals surface area contributed by atoms with Crippen LogP contribution in [0.15, 0.2) is 42.5 Å². The van der Waals surface area contributed by atoms with Gasteiger partial charge in [-0.2, -0.15) is 0 Å². The minimum atomic E-state index is -0.718. The molecule has 0 radical (unpaired) electrons. The maximum absolute atomic E-state index is 13.4. The van der Waals surface area contributed by atoms with Gasteiger partial charge in [0.15, 0.2) is 0 Å². The van der Waals surface area contributed by atoms with Crippen LogP contribution in [-0.4, -0.2) is 71.7 Å². The summed E-state index contributed by atoms with van der Waals surface area (Å²) in [5, 5.41) is 11.6. The Hall–Kier alpha value is -1.79. The molecule has 3 fully saturated rings. The summed E-state index contributed by atoms with van der Waals surface area (Å²) < 4.78 is 0. The van der Waals surface area contributed by atoms with Gasteiger partial charge in [0.2, 0.25) is 0 Å². The van der Waals surface area contributed by atoms with Crippen molar-refractivity contribution < 1.29 is 9.90 Å². The Balaban J connectivity index is 1.26. The molecule has 3 saturated heterocycles. The molecule has 0 aromatic heterocycles. The zero-order chi connectivity index (χ0) is 23.2. The summed E-state index contributed by atoms with van der Waals surface area (Å²) in [5.74, 6) is 0.525. The van der Waals surface area contributed by atoms with Crippen LogP contribution < -0.4 is 4.90 Å². The van der Waals surface area contributed by atoms with Crippen molar-refractivity contribution in [2.24, 2.45) is 0 Å². The van der Waals surface area contributed by atoms with Crippen LogP contribution in [0.3, 0.4) is 0 Å². The fourth-order valence-electron chi connectivity index (χ4n) is 5.62. The fourth-order valence-corrected chi connectivity index (χ4v) is 6.07. The molecule has 0 spiro atoms. The van der Waals surface area contributed by atoms with Crippen molar-refractivity contribution in [1.29, 1.82) is 0 Å². The molecule has 1 amide bonds. The first-order valence-corrected chi connectivity index (χ1v) is 12.6. The lowest BCUT2D eigenvalue weighted by Crippen LogP contribution is -2.57. The van der Waals surface area contributed by atoms with Crippen molar-refractivity contribution in [1.82, 2.24) is 9.80 Å². The molecule has 2 aromatic rings. The lowest BCUT2D eigenvalue weighted by atomic mass is 9.86. The van der Waals surface area contributed by atoms with Gasteiger partial charge in [0.25, 0.3) is 5.91 Å². The van der Waals surface area contributed by atoms with E-state index in [1.54, 1.807) is 0 Å². The first-order valence-electron chi connectivity index (χ1n) is 11.9. The van der Waals surface area contributed by atoms with Gasteiger partial charge in [0.05, 0.1) is 21.9 Å². The zero-order valence-electron chi connectivity index (χ0n) is 19.0. The summed E-state index contributed by atoms with van der Waals surface area (Å²) in [6, 6.07) is 14.3. The number of carbonyl (C=O) groups is 1. The van der Waals surface area contributed by atoms with Gasteiger partial charge >= 0.3 is 0 Å². The average Bonchev–Trinajstić information content (AvgIpc) is 3.18. The van der Waals surface area contributed by atoms with Crippen molar-refractivity contribution in [3.8, 4) is 0 Å². The minimum Gasteiger partial charge on any atom is -0.388 e. The smallest absolute Gasteiger partial charge is 0.255 e. The predicted molar refractivity (Wildman–Crippen MR) is 134 cm³/mol. The Labute approximate surface area is 205 Å². The highest BCUT2D eigenvalue weighted by Crippen LogP contribution is 2.36. The van der Waals surface area contributed by atoms with E-state index in [2.05, 4.69) is 21.9 Å². The van der Waals surface area contributed by atoms with E-state index in [4.69, 9.17) is 23.2 Å². The predicted octanol–water partition coefficient (Wildman–Crippen LogP) is 4.66. The molecule has 33 heavy (non-hydrogen) atoms. The monoisotopic (exact) mass is 487 g/mol. The van der Waals surface area contributed by atoms with Gasteiger partial charge in [0.1, 0.15) is 0 Å². The number of nitrogens with zero attached hydrogens (tertiary/aromatic N) is 3. The summed E-state index contributed by atoms with van der Waals surface area (Å²) in [6.07, 6.45) is 2.89. The second-order valence-corrected chi connectivity index (χ2v) is 10.8. The van der Waals surface area contributed by atoms with E-state index >= 15 is 0 Å². The molecule has 1 N–H and O–H groups in total. The number of piperidine rings is 1. The molecule has 7 heteroatoms. The highest BCUT2D eigenvalue weighted by molar-refractivity contribution is 6.36. The summed E-state index contributed by atoms with van der Waals surface area (Å²) in [6.45, 7) is 6.47. The normalized spacial score (nSPS) is 28.1. The Morgan fingerprint density at radius 3 is 2.55 bits per heavy atom. The number of rotatable bonds is 3. The summed E-state index contributed by atoms with van der Waals surface area (Å²) in [5.41, 5.74) is 2.03. The maximum Gasteiger partial charge on any atom is 0.255 e. The molecule has 3 heterocycles. The molecule has 1 unspecified atom stereocenters. The van der Waals surface area contributed by atoms with Crippen LogP contribution in [0.1, 0.15) is 48.0 Å². The Morgan fingerprint density at radius 2 is 1.82 bits per heavy atom. The maximum atomic E-state index is 13.4. The van der Waals surface area contributed by atoms with E-state index < -0.39 is 5.60 Å². The number of amides is 1. The van der Waals surface area contributed by atoms with E-state index in [1.807, 2.05) is 42.2 Å². The zero-order valence-corrected chi connectivity index (χ0v) is 20.5. The largest absolute Gasteiger partial charge is 0.388 e. The molecule has 3 aliphatic heterocycles. The number of benzene rings is 2. The van der Waals surface area contributed by atoms with Gasteiger partial charge in [0, 0.05) is 50.3 Å². The second kappa shape index (κ2) is 9.10. The molecule has 3 aliphatic rings. The van der Waals surface area contributed by atoms with Crippen LogP contribution in [-0.2, 0) is 0 Å². The number of fused-ring (bicyclic) bond motifs is 1. The molecular weight excluding hydrogens is 457 g/mol. The van der Waals surface area contributed by atoms with E-state index in [0.717, 1.165) is 49.7 Å². The summed E-state index contributed by atoms with van der Waals surface area (Å²) >= 11 is 12.8. The summed E-state index contributed by atoms with van der Waals surface area (Å²) in [7, 11) is 0. The molecule has 0 bridgehead atoms. The minimum absolute atomic E-state index is 0.00674. The molecule has 5 rings (SSSR count). The van der Waals surface area contributed by atoms with Crippen molar-refractivity contribution in [2.75, 3.05) is 44.2 Å². The van der Waals surface area contributed by atoms with Crippen molar-refractivity contribution in [2.45, 2.75) is 43.7 Å². The van der Waals surface area contributed by atoms with Gasteiger partial charge in [-0.05, 0) is 61.9 Å². The van der Waals surface area contributed by atoms with Gasteiger partial charge < -0.3 is 14.9 Å². The number of hydrogen-bond acceptors (Lipinski definition) is 4. The average molecular weight is 488 g/mol. The molecule has 176 valence electrons. The van der Waals surface area contributed by atoms with Gasteiger partial charge in [-0.15, -0.1) is 0 Å². The van der Waals surface area contributed by atoms with E-state index in [0.29, 0.717) is 42.1 Å². The lowest BCUT2D eigenvalue weighted by Gasteiger charge is -2.46. The number of piperazine rings is 1. The SMILES string of the molecule is CC1(O)CCN(c2cccc(C(=O)N3CCN4C[C@@H](c5ccc(Cl)cc5)CC[C@@H]4C3)c2Cl)C1. The van der Waals surface area contributed by atoms with Gasteiger partial charge in [-0.1, -0.05) is 41.4 Å². The van der Waals surface area contributed by atoms with Crippen LogP contribution in [0.2, 0.25) is 10.0 Å². The first kappa shape index (κ1) is 23.0. The molecular formula is C26H31Cl2N3O2. The van der Waals surface area contributed by atoms with E-state index in [-0.39, 0.29) is 5.91 Å². The molecule has 3 atom stereocenters. The van der Waals surface area contributed by atoms with Crippen LogP contribution in [0.4, 0.5) is 5.69 Å². The molecule has 5 nitrogen and oxygen atoms in total. The van der Waals surface area contributed by atoms with Gasteiger partial charge in [-0.3, -0.25) is 9.69 Å². The summed E-state index contributed by atoms with van der Waals surface area (Å²) in [4.78, 5) is 20.0. The van der Waals surface area contributed by atoms with Crippen molar-refractivity contribution in [3.63, 3.8) is 0 Å². The second-order valence-electron chi connectivity index (χ2n) is 10.0. The molecule has 2 aromatic carbocycles. The number of β-amino-alcohol motifs (C(OH)–C–C–N with tert-alkyl or cyclic N) is 1. The van der Waals surface area contributed by atoms with Crippen LogP contribution in [0.5, 0.6) is 0 Å². The van der Waals surface area contributed by atoms with E-state index in [9.17, 15) is 9.90 Å². The Kier molecular flexibility index (Phi) is 6.34. The number of anilines is 1. The number of halogens is 2. The Morgan fingerprint density at radius 1 is 1.03 bits per heavy atom. The third-order valence-electron chi connectivity index (χ3n) is 7.54. The fraction of sp³-hybridized carbons (Fsp3) is 0.500. The first-order chi connectivity index (χ1) is 15.8. The van der Waals surface area contributed by atoms with Crippen LogP contribution >= 0.6 is 23.2 Å². The lowest BCUT2D eigenvalue weighted by molar-refractivity contribution is 0.0329. The highest BCUT2D eigenvalue weighted by Gasteiger charge is 2.36. The standard InChI is InChI=1S/C26H31Cl2N3O2/c1-26(33)11-12-31(17-26)23-4-2-3-22(24(23)28)25(32)30-14-13-29-15-19(7-10-21(29)16-30)18-5-8-20(27)9-6-18/h2-6,8-9,19,21,33H,7,10-17H2,1H3/t19-,21+,26?/m0/s1. The van der Waals surface area contributed by atoms with Gasteiger partial charge in [-0.25, -0.2) is 0 Å². The van der Waals surface area contributed by atoms with Crippen molar-refractivity contribution in [3.05, 3.63) is 63.6 Å². The molecule has 0 aliphatic carbocycles. The Bertz CT molecular complexity index is 1030. The van der Waals surface area contributed by atoms with Crippen molar-refractivity contribution >= 4 is 34.8 Å². The van der Waals surface area contributed by atoms with Crippen LogP contribution in [0, 0.1) is 0 Å². The topological polar surface area (TPSA) is 47.0 Å². The van der Waals surface area contributed by atoms with E-state index in [1.165, 1.54) is 5.56 Å². The third kappa shape index (κ3) is 4.74. The number of aliphatic hydroxyl groups is 1. The third-order valence-corrected chi connectivity index (χ3v) is 8.19. The highest BCUT2D eigenvalue weighted by atomic mass is 35.5.